The molecule has 0 aliphatic carbocycles. The van der Waals surface area contributed by atoms with E-state index in [2.05, 4.69) is 16.3 Å². The molecule has 0 aromatic heterocycles. The van der Waals surface area contributed by atoms with Gasteiger partial charge < -0.3 is 15.0 Å². The Balaban J connectivity index is 0.00000144. The third kappa shape index (κ3) is 4.89. The smallest absolute Gasteiger partial charge is 0.545 e. The number of carbonyl (C=O) groups excluding carboxylic acids is 1. The Bertz CT molecular complexity index is 898. The normalized spacial score (nSPS) is 10.2. The van der Waals surface area contributed by atoms with Crippen molar-refractivity contribution in [3.05, 3.63) is 66.2 Å². The maximum atomic E-state index is 10.8. The molecule has 1 N–H and O–H groups in total. The summed E-state index contributed by atoms with van der Waals surface area (Å²) in [7, 11) is 0. The first-order valence-corrected chi connectivity index (χ1v) is 6.49. The molecule has 0 bridgehead atoms. The third-order valence-electron chi connectivity index (χ3n) is 3.15. The van der Waals surface area contributed by atoms with E-state index < -0.39 is 5.97 Å². The van der Waals surface area contributed by atoms with Gasteiger partial charge in [-0.3, -0.25) is 0 Å². The van der Waals surface area contributed by atoms with Crippen molar-refractivity contribution < 1.29 is 74.1 Å². The number of hydrogen-bond donors (Lipinski definition) is 1. The van der Waals surface area contributed by atoms with E-state index in [1.807, 2.05) is 30.3 Å². The first-order valence-electron chi connectivity index (χ1n) is 6.49. The first-order chi connectivity index (χ1) is 10.6. The number of aromatic carboxylic acids is 1. The number of benzene rings is 3. The summed E-state index contributed by atoms with van der Waals surface area (Å²) in [4.78, 5) is 10.8. The van der Waals surface area contributed by atoms with Gasteiger partial charge in [0.2, 0.25) is 0 Å². The van der Waals surface area contributed by atoms with Crippen molar-refractivity contribution in [3.8, 4) is 5.75 Å². The van der Waals surface area contributed by atoms with Crippen molar-refractivity contribution >= 4 is 28.1 Å². The molecule has 3 aromatic carbocycles. The SMILES string of the molecule is O=C([O-])c1cc(N=Nc2ccc3c[c-]ccc3c2)ccc1O.[Na+].[Na+]. The minimum Gasteiger partial charge on any atom is -0.545 e. The zero-order valence-corrected chi connectivity index (χ0v) is 17.4. The predicted molar refractivity (Wildman–Crippen MR) is 79.4 cm³/mol. The number of carboxylic acids is 1. The number of azo groups is 1. The van der Waals surface area contributed by atoms with E-state index in [1.54, 1.807) is 6.07 Å². The number of fused-ring (bicyclic) bond motifs is 1. The molecule has 3 aromatic rings. The van der Waals surface area contributed by atoms with Crippen LogP contribution in [0, 0.1) is 6.07 Å². The number of phenols is 1. The second-order valence-electron chi connectivity index (χ2n) is 4.65. The van der Waals surface area contributed by atoms with Crippen molar-refractivity contribution in [2.24, 2.45) is 10.2 Å². The maximum Gasteiger partial charge on any atom is 1.00 e. The molecule has 0 aliphatic heterocycles. The van der Waals surface area contributed by atoms with Gasteiger partial charge in [-0.15, -0.1) is 16.8 Å². The summed E-state index contributed by atoms with van der Waals surface area (Å²) in [6.07, 6.45) is 0. The van der Waals surface area contributed by atoms with Crippen LogP contribution in [-0.2, 0) is 0 Å². The molecule has 0 saturated carbocycles. The van der Waals surface area contributed by atoms with Crippen molar-refractivity contribution in [2.45, 2.75) is 0 Å². The Hall–Kier alpha value is -1.21. The van der Waals surface area contributed by atoms with Crippen LogP contribution < -0.4 is 64.2 Å². The topological polar surface area (TPSA) is 85.1 Å². The summed E-state index contributed by atoms with van der Waals surface area (Å²) >= 11 is 0. The van der Waals surface area contributed by atoms with Crippen LogP contribution in [0.1, 0.15) is 10.4 Å². The quantitative estimate of drug-likeness (QED) is 0.317. The first kappa shape index (κ1) is 20.8. The minimum atomic E-state index is -1.46. The molecule has 5 nitrogen and oxygen atoms in total. The van der Waals surface area contributed by atoms with Gasteiger partial charge in [0.15, 0.2) is 0 Å². The molecule has 0 atom stereocenters. The Morgan fingerprint density at radius 2 is 1.62 bits per heavy atom. The Morgan fingerprint density at radius 3 is 2.33 bits per heavy atom. The van der Waals surface area contributed by atoms with Gasteiger partial charge in [-0.2, -0.15) is 34.5 Å². The molecule has 0 fully saturated rings. The van der Waals surface area contributed by atoms with Gasteiger partial charge in [0.05, 0.1) is 17.3 Å². The molecule has 0 heterocycles. The molecule has 108 valence electrons. The van der Waals surface area contributed by atoms with E-state index in [0.717, 1.165) is 10.8 Å². The maximum absolute atomic E-state index is 10.8. The molecular formula is C17H10N2Na2O3. The Kier molecular flexibility index (Phi) is 8.09. The standard InChI is InChI=1S/C17H11N2O3.2Na/c20-16-8-7-14(10-15(16)17(21)22)19-18-13-6-5-11-3-1-2-4-12(11)9-13;;/h2-10,20H,(H,21,22);;/q-1;2*+1/p-1. The third-order valence-corrected chi connectivity index (χ3v) is 3.15. The van der Waals surface area contributed by atoms with Crippen LogP contribution in [0.4, 0.5) is 11.4 Å². The van der Waals surface area contributed by atoms with Gasteiger partial charge in [-0.25, -0.2) is 0 Å². The van der Waals surface area contributed by atoms with Crippen LogP contribution in [0.3, 0.4) is 0 Å². The fraction of sp³-hybridized carbons (Fsp3) is 0. The van der Waals surface area contributed by atoms with Gasteiger partial charge in [-0.1, -0.05) is 6.07 Å². The number of rotatable bonds is 3. The van der Waals surface area contributed by atoms with Crippen molar-refractivity contribution in [2.75, 3.05) is 0 Å². The molecule has 0 radical (unpaired) electrons. The van der Waals surface area contributed by atoms with Crippen molar-refractivity contribution in [1.29, 1.82) is 0 Å². The van der Waals surface area contributed by atoms with Crippen LogP contribution in [0.5, 0.6) is 5.75 Å². The second kappa shape index (κ2) is 9.32. The molecule has 24 heavy (non-hydrogen) atoms. The van der Waals surface area contributed by atoms with Gasteiger partial charge in [0.1, 0.15) is 5.75 Å². The summed E-state index contributed by atoms with van der Waals surface area (Å²) in [5.41, 5.74) is 0.644. The number of carboxylic acid groups (broad SMARTS) is 1. The van der Waals surface area contributed by atoms with E-state index in [4.69, 9.17) is 0 Å². The molecule has 7 heteroatoms. The zero-order chi connectivity index (χ0) is 15.5. The van der Waals surface area contributed by atoms with E-state index >= 15 is 0 Å². The van der Waals surface area contributed by atoms with Crippen LogP contribution in [-0.4, -0.2) is 11.1 Å². The number of nitrogens with zero attached hydrogens (tertiary/aromatic N) is 2. The summed E-state index contributed by atoms with van der Waals surface area (Å²) in [6.45, 7) is 0. The van der Waals surface area contributed by atoms with Crippen molar-refractivity contribution in [1.82, 2.24) is 0 Å². The minimum absolute atomic E-state index is 0. The summed E-state index contributed by atoms with van der Waals surface area (Å²) in [5.74, 6) is -1.82. The number of aromatic hydroxyl groups is 1. The number of carbonyl (C=O) groups is 1. The van der Waals surface area contributed by atoms with Gasteiger partial charge in [0.25, 0.3) is 0 Å². The fourth-order valence-corrected chi connectivity index (χ4v) is 2.04. The van der Waals surface area contributed by atoms with Crippen LogP contribution in [0.2, 0.25) is 0 Å². The average molecular weight is 336 g/mol. The van der Waals surface area contributed by atoms with Crippen LogP contribution >= 0.6 is 0 Å². The molecule has 0 spiro atoms. The molecule has 0 unspecified atom stereocenters. The molecule has 0 saturated heterocycles. The molecular weight excluding hydrogens is 326 g/mol. The summed E-state index contributed by atoms with van der Waals surface area (Å²) in [6, 6.07) is 18.1. The van der Waals surface area contributed by atoms with Gasteiger partial charge in [-0.05, 0) is 24.3 Å². The zero-order valence-electron chi connectivity index (χ0n) is 13.4. The largest absolute Gasteiger partial charge is 1.00 e. The second-order valence-corrected chi connectivity index (χ2v) is 4.65. The molecule has 0 amide bonds. The van der Waals surface area contributed by atoms with Gasteiger partial charge in [0, 0.05) is 5.56 Å². The fourth-order valence-electron chi connectivity index (χ4n) is 2.04. The summed E-state index contributed by atoms with van der Waals surface area (Å²) in [5, 5.41) is 30.4. The van der Waals surface area contributed by atoms with E-state index in [9.17, 15) is 15.0 Å². The van der Waals surface area contributed by atoms with Crippen LogP contribution in [0.25, 0.3) is 10.8 Å². The van der Waals surface area contributed by atoms with E-state index in [1.165, 1.54) is 18.2 Å². The predicted octanol–water partition coefficient (Wildman–Crippen LogP) is -2.87. The summed E-state index contributed by atoms with van der Waals surface area (Å²) < 4.78 is 0. The number of hydrogen-bond acceptors (Lipinski definition) is 5. The molecule has 0 aliphatic rings. The molecule has 3 rings (SSSR count). The van der Waals surface area contributed by atoms with Gasteiger partial charge >= 0.3 is 59.1 Å². The van der Waals surface area contributed by atoms with Crippen LogP contribution in [0.15, 0.2) is 64.8 Å². The van der Waals surface area contributed by atoms with E-state index in [0.29, 0.717) is 11.4 Å². The monoisotopic (exact) mass is 336 g/mol. The Labute approximate surface area is 183 Å². The van der Waals surface area contributed by atoms with Crippen molar-refractivity contribution in [3.63, 3.8) is 0 Å². The van der Waals surface area contributed by atoms with E-state index in [-0.39, 0.29) is 70.4 Å². The Morgan fingerprint density at radius 1 is 0.958 bits per heavy atom. The average Bonchev–Trinajstić information content (AvgIpc) is 2.53.